The van der Waals surface area contributed by atoms with Crippen molar-refractivity contribution in [2.24, 2.45) is 40.4 Å². The summed E-state index contributed by atoms with van der Waals surface area (Å²) in [5, 5.41) is 10.1. The van der Waals surface area contributed by atoms with Gasteiger partial charge in [0.1, 0.15) is 5.78 Å². The van der Waals surface area contributed by atoms with Gasteiger partial charge in [-0.3, -0.25) is 4.79 Å². The van der Waals surface area contributed by atoms with Gasteiger partial charge in [0.15, 0.2) is 0 Å². The Morgan fingerprint density at radius 2 is 1.91 bits per heavy atom. The fourth-order valence-electron chi connectivity index (χ4n) is 7.25. The Morgan fingerprint density at radius 1 is 1.13 bits per heavy atom. The number of allylic oxidation sites excluding steroid dienone is 2. The number of aliphatic hydroxyl groups excluding tert-OH is 1. The van der Waals surface area contributed by atoms with Gasteiger partial charge < -0.3 is 5.11 Å². The molecule has 8 atom stereocenters. The minimum Gasteiger partial charge on any atom is -0.393 e. The molecule has 0 spiro atoms. The quantitative estimate of drug-likeness (QED) is 0.729. The molecule has 4 aliphatic rings. The van der Waals surface area contributed by atoms with E-state index in [0.29, 0.717) is 29.0 Å². The van der Waals surface area contributed by atoms with Gasteiger partial charge in [0, 0.05) is 5.92 Å². The van der Waals surface area contributed by atoms with Crippen LogP contribution < -0.4 is 0 Å². The number of carbonyl (C=O) groups is 1. The van der Waals surface area contributed by atoms with Gasteiger partial charge in [-0.15, -0.1) is 0 Å². The van der Waals surface area contributed by atoms with Crippen LogP contribution in [0.15, 0.2) is 12.2 Å². The van der Waals surface area contributed by atoms with Crippen LogP contribution in [0.5, 0.6) is 0 Å². The maximum absolute atomic E-state index is 12.1. The Hall–Kier alpha value is -0.630. The van der Waals surface area contributed by atoms with Crippen LogP contribution in [0.4, 0.5) is 0 Å². The van der Waals surface area contributed by atoms with Gasteiger partial charge in [0.05, 0.1) is 6.10 Å². The van der Waals surface area contributed by atoms with Crippen LogP contribution in [0.25, 0.3) is 0 Å². The van der Waals surface area contributed by atoms with Gasteiger partial charge in [-0.25, -0.2) is 0 Å². The molecular formula is C21H32O2. The van der Waals surface area contributed by atoms with Crippen molar-refractivity contribution in [3.63, 3.8) is 0 Å². The lowest BCUT2D eigenvalue weighted by Gasteiger charge is -2.58. The number of hydrogen-bond donors (Lipinski definition) is 1. The summed E-state index contributed by atoms with van der Waals surface area (Å²) in [5.41, 5.74) is 0.471. The third-order valence-electron chi connectivity index (χ3n) is 8.56. The van der Waals surface area contributed by atoms with E-state index in [1.165, 1.54) is 25.7 Å². The molecule has 4 aliphatic carbocycles. The zero-order chi connectivity index (χ0) is 16.4. The normalized spacial score (nSPS) is 55.0. The SMILES string of the molecule is CC(=O)[C@H]1CC[C@H]2[C@@H]3CCC4CC(O)CC[C@]4(C)[C@H]3C=C[C@]12C. The van der Waals surface area contributed by atoms with E-state index in [4.69, 9.17) is 0 Å². The number of hydrogen-bond acceptors (Lipinski definition) is 2. The van der Waals surface area contributed by atoms with Gasteiger partial charge in [-0.1, -0.05) is 26.0 Å². The van der Waals surface area contributed by atoms with E-state index in [9.17, 15) is 9.90 Å². The molecule has 0 radical (unpaired) electrons. The molecule has 3 fully saturated rings. The van der Waals surface area contributed by atoms with Crippen molar-refractivity contribution in [3.8, 4) is 0 Å². The Kier molecular flexibility index (Phi) is 3.58. The second kappa shape index (κ2) is 5.18. The summed E-state index contributed by atoms with van der Waals surface area (Å²) in [6.07, 6.45) is 12.9. The smallest absolute Gasteiger partial charge is 0.133 e. The first-order chi connectivity index (χ1) is 10.9. The monoisotopic (exact) mass is 316 g/mol. The number of carbonyl (C=O) groups excluding carboxylic acids is 1. The molecule has 128 valence electrons. The summed E-state index contributed by atoms with van der Waals surface area (Å²) < 4.78 is 0. The molecule has 1 N–H and O–H groups in total. The third-order valence-corrected chi connectivity index (χ3v) is 8.56. The zero-order valence-electron chi connectivity index (χ0n) is 14.9. The van der Waals surface area contributed by atoms with Crippen molar-refractivity contribution in [1.82, 2.24) is 0 Å². The van der Waals surface area contributed by atoms with E-state index < -0.39 is 0 Å². The first kappa shape index (κ1) is 15.9. The van der Waals surface area contributed by atoms with Crippen LogP contribution in [-0.2, 0) is 4.79 Å². The van der Waals surface area contributed by atoms with Gasteiger partial charge in [-0.05, 0) is 86.4 Å². The van der Waals surface area contributed by atoms with E-state index in [0.717, 1.165) is 25.2 Å². The predicted octanol–water partition coefficient (Wildman–Crippen LogP) is 4.37. The number of Topliss-reactive ketones (excluding diaryl/α,β-unsaturated/α-hetero) is 1. The van der Waals surface area contributed by atoms with E-state index in [1.54, 1.807) is 6.92 Å². The average Bonchev–Trinajstić information content (AvgIpc) is 2.85. The topological polar surface area (TPSA) is 37.3 Å². The Labute approximate surface area is 140 Å². The highest BCUT2D eigenvalue weighted by Gasteiger charge is 2.58. The van der Waals surface area contributed by atoms with Gasteiger partial charge in [0.25, 0.3) is 0 Å². The van der Waals surface area contributed by atoms with Crippen molar-refractivity contribution in [2.45, 2.75) is 71.8 Å². The Morgan fingerprint density at radius 3 is 2.65 bits per heavy atom. The highest BCUT2D eigenvalue weighted by molar-refractivity contribution is 5.80. The largest absolute Gasteiger partial charge is 0.393 e. The molecule has 2 heteroatoms. The standard InChI is InChI=1S/C21H32O2/c1-13(22)17-6-7-18-16-5-4-14-12-15(23)8-10-20(14,2)19(16)9-11-21(17,18)3/h9,11,14-19,23H,4-8,10,12H2,1-3H3/t14?,15?,16-,17+,18-,19-,20-,21+/m0/s1. The van der Waals surface area contributed by atoms with Crippen molar-refractivity contribution >= 4 is 5.78 Å². The highest BCUT2D eigenvalue weighted by Crippen LogP contribution is 2.65. The molecular weight excluding hydrogens is 284 g/mol. The predicted molar refractivity (Wildman–Crippen MR) is 91.8 cm³/mol. The second-order valence-corrected chi connectivity index (χ2v) is 9.47. The van der Waals surface area contributed by atoms with Gasteiger partial charge in [0.2, 0.25) is 0 Å². The van der Waals surface area contributed by atoms with Crippen molar-refractivity contribution in [3.05, 3.63) is 12.2 Å². The molecule has 2 nitrogen and oxygen atoms in total. The fraction of sp³-hybridized carbons (Fsp3) is 0.857. The molecule has 2 unspecified atom stereocenters. The summed E-state index contributed by atoms with van der Waals surface area (Å²) in [7, 11) is 0. The van der Waals surface area contributed by atoms with E-state index in [-0.39, 0.29) is 17.4 Å². The number of ketones is 1. The summed E-state index contributed by atoms with van der Waals surface area (Å²) in [4.78, 5) is 12.1. The second-order valence-electron chi connectivity index (χ2n) is 9.47. The lowest BCUT2D eigenvalue weighted by molar-refractivity contribution is -0.124. The molecule has 0 aliphatic heterocycles. The first-order valence-electron chi connectivity index (χ1n) is 9.74. The Balaban J connectivity index is 1.68. The lowest BCUT2D eigenvalue weighted by Crippen LogP contribution is -2.52. The minimum absolute atomic E-state index is 0.0731. The molecule has 23 heavy (non-hydrogen) atoms. The maximum atomic E-state index is 12.1. The van der Waals surface area contributed by atoms with Crippen LogP contribution in [0.2, 0.25) is 0 Å². The summed E-state index contributed by atoms with van der Waals surface area (Å²) in [6.45, 7) is 6.63. The maximum Gasteiger partial charge on any atom is 0.133 e. The molecule has 0 aromatic rings. The van der Waals surface area contributed by atoms with Gasteiger partial charge >= 0.3 is 0 Å². The third kappa shape index (κ3) is 2.13. The molecule has 0 heterocycles. The minimum atomic E-state index is -0.0731. The number of rotatable bonds is 1. The van der Waals surface area contributed by atoms with Crippen LogP contribution >= 0.6 is 0 Å². The fourth-order valence-corrected chi connectivity index (χ4v) is 7.25. The lowest BCUT2D eigenvalue weighted by atomic mass is 9.46. The average molecular weight is 316 g/mol. The summed E-state index contributed by atoms with van der Waals surface area (Å²) >= 11 is 0. The van der Waals surface area contributed by atoms with Crippen LogP contribution in [0.3, 0.4) is 0 Å². The number of fused-ring (bicyclic) bond motifs is 5. The number of aliphatic hydroxyl groups is 1. The van der Waals surface area contributed by atoms with Crippen LogP contribution in [0.1, 0.15) is 65.7 Å². The first-order valence-corrected chi connectivity index (χ1v) is 9.74. The molecule has 0 aromatic heterocycles. The summed E-state index contributed by atoms with van der Waals surface area (Å²) in [6, 6.07) is 0. The molecule has 0 saturated heterocycles. The summed E-state index contributed by atoms with van der Waals surface area (Å²) in [5.74, 6) is 3.42. The van der Waals surface area contributed by atoms with E-state index >= 15 is 0 Å². The van der Waals surface area contributed by atoms with Crippen molar-refractivity contribution in [1.29, 1.82) is 0 Å². The van der Waals surface area contributed by atoms with Crippen LogP contribution in [0, 0.1) is 40.4 Å². The molecule has 0 aromatic carbocycles. The van der Waals surface area contributed by atoms with E-state index in [1.807, 2.05) is 0 Å². The van der Waals surface area contributed by atoms with Crippen molar-refractivity contribution in [2.75, 3.05) is 0 Å². The molecule has 3 saturated carbocycles. The zero-order valence-corrected chi connectivity index (χ0v) is 14.9. The molecule has 0 bridgehead atoms. The van der Waals surface area contributed by atoms with E-state index in [2.05, 4.69) is 26.0 Å². The van der Waals surface area contributed by atoms with Crippen LogP contribution in [-0.4, -0.2) is 17.0 Å². The van der Waals surface area contributed by atoms with Crippen molar-refractivity contribution < 1.29 is 9.90 Å². The molecule has 0 amide bonds. The van der Waals surface area contributed by atoms with Gasteiger partial charge in [-0.2, -0.15) is 0 Å². The Bertz CT molecular complexity index is 538. The highest BCUT2D eigenvalue weighted by atomic mass is 16.3. The molecule has 4 rings (SSSR count).